The molecular formula is C10H11NO2. The van der Waals surface area contributed by atoms with Crippen molar-refractivity contribution >= 4 is 17.7 Å². The molecule has 0 heterocycles. The Kier molecular flexibility index (Phi) is 2.69. The van der Waals surface area contributed by atoms with Gasteiger partial charge < -0.3 is 10.8 Å². The molecule has 0 radical (unpaired) electrons. The summed E-state index contributed by atoms with van der Waals surface area (Å²) >= 11 is 0. The number of hydrogen-bond donors (Lipinski definition) is 2. The summed E-state index contributed by atoms with van der Waals surface area (Å²) in [5.74, 6) is -0.906. The van der Waals surface area contributed by atoms with E-state index in [-0.39, 0.29) is 0 Å². The molecule has 0 amide bonds. The third-order valence-corrected chi connectivity index (χ3v) is 1.66. The minimum atomic E-state index is -0.906. The van der Waals surface area contributed by atoms with Crippen LogP contribution in [0.4, 0.5) is 5.69 Å². The highest BCUT2D eigenvalue weighted by Gasteiger charge is 1.98. The van der Waals surface area contributed by atoms with E-state index in [2.05, 4.69) is 0 Å². The van der Waals surface area contributed by atoms with Crippen LogP contribution in [0.3, 0.4) is 0 Å². The number of nitrogens with two attached hydrogens (primary N) is 1. The number of carbonyl (C=O) groups is 1. The summed E-state index contributed by atoms with van der Waals surface area (Å²) in [6.07, 6.45) is 1.60. The molecule has 0 saturated heterocycles. The van der Waals surface area contributed by atoms with Crippen LogP contribution in [-0.4, -0.2) is 11.1 Å². The molecule has 3 heteroatoms. The quantitative estimate of drug-likeness (QED) is 0.534. The first-order valence-corrected chi connectivity index (χ1v) is 3.87. The van der Waals surface area contributed by atoms with Crippen LogP contribution in [0, 0.1) is 0 Å². The van der Waals surface area contributed by atoms with Crippen molar-refractivity contribution in [2.75, 3.05) is 5.73 Å². The number of benzene rings is 1. The van der Waals surface area contributed by atoms with Crippen LogP contribution in [-0.2, 0) is 4.79 Å². The van der Waals surface area contributed by atoms with Gasteiger partial charge in [0.25, 0.3) is 0 Å². The zero-order chi connectivity index (χ0) is 9.84. The molecule has 0 atom stereocenters. The van der Waals surface area contributed by atoms with Crippen molar-refractivity contribution in [3.05, 3.63) is 35.4 Å². The van der Waals surface area contributed by atoms with Gasteiger partial charge >= 0.3 is 5.97 Å². The lowest BCUT2D eigenvalue weighted by Gasteiger charge is -1.96. The summed E-state index contributed by atoms with van der Waals surface area (Å²) in [4.78, 5) is 10.5. The predicted octanol–water partition coefficient (Wildman–Crippen LogP) is 1.76. The van der Waals surface area contributed by atoms with E-state index >= 15 is 0 Å². The summed E-state index contributed by atoms with van der Waals surface area (Å²) in [6.45, 7) is 1.55. The number of anilines is 1. The Morgan fingerprint density at radius 3 is 2.38 bits per heavy atom. The second kappa shape index (κ2) is 3.76. The smallest absolute Gasteiger partial charge is 0.331 e. The maximum Gasteiger partial charge on any atom is 0.331 e. The molecule has 1 rings (SSSR count). The fourth-order valence-corrected chi connectivity index (χ4v) is 0.904. The number of aliphatic carboxylic acids is 1. The highest BCUT2D eigenvalue weighted by Crippen LogP contribution is 2.09. The van der Waals surface area contributed by atoms with Gasteiger partial charge in [-0.3, -0.25) is 0 Å². The van der Waals surface area contributed by atoms with Crippen molar-refractivity contribution in [2.45, 2.75) is 6.92 Å². The second-order valence-corrected chi connectivity index (χ2v) is 2.80. The first kappa shape index (κ1) is 9.32. The molecule has 0 aliphatic rings. The predicted molar refractivity (Wildman–Crippen MR) is 52.1 cm³/mol. The fraction of sp³-hybridized carbons (Fsp3) is 0.100. The zero-order valence-corrected chi connectivity index (χ0v) is 7.32. The molecule has 0 aliphatic carbocycles. The standard InChI is InChI=1S/C10H11NO2/c1-7(10(12)13)6-8-2-4-9(11)5-3-8/h2-6H,11H2,1H3,(H,12,13). The molecule has 0 spiro atoms. The molecule has 3 N–H and O–H groups in total. The summed E-state index contributed by atoms with van der Waals surface area (Å²) < 4.78 is 0. The lowest BCUT2D eigenvalue weighted by molar-refractivity contribution is -0.132. The summed E-state index contributed by atoms with van der Waals surface area (Å²) in [7, 11) is 0. The van der Waals surface area contributed by atoms with Crippen LogP contribution in [0.15, 0.2) is 29.8 Å². The highest BCUT2D eigenvalue weighted by atomic mass is 16.4. The van der Waals surface area contributed by atoms with Crippen LogP contribution < -0.4 is 5.73 Å². The van der Waals surface area contributed by atoms with E-state index in [0.717, 1.165) is 5.56 Å². The van der Waals surface area contributed by atoms with Gasteiger partial charge in [-0.15, -0.1) is 0 Å². The third kappa shape index (κ3) is 2.63. The van der Waals surface area contributed by atoms with E-state index in [4.69, 9.17) is 10.8 Å². The Morgan fingerprint density at radius 2 is 1.92 bits per heavy atom. The van der Waals surface area contributed by atoms with Crippen LogP contribution in [0.2, 0.25) is 0 Å². The molecule has 1 aromatic rings. The lowest BCUT2D eigenvalue weighted by Crippen LogP contribution is -1.95. The molecule has 68 valence electrons. The van der Waals surface area contributed by atoms with Crippen LogP contribution in [0.1, 0.15) is 12.5 Å². The van der Waals surface area contributed by atoms with Crippen LogP contribution in [0.25, 0.3) is 6.08 Å². The van der Waals surface area contributed by atoms with E-state index in [9.17, 15) is 4.79 Å². The highest BCUT2D eigenvalue weighted by molar-refractivity contribution is 5.91. The maximum atomic E-state index is 10.5. The van der Waals surface area contributed by atoms with Gasteiger partial charge in [0.05, 0.1) is 0 Å². The van der Waals surface area contributed by atoms with E-state index in [1.165, 1.54) is 0 Å². The zero-order valence-electron chi connectivity index (χ0n) is 7.32. The van der Waals surface area contributed by atoms with Gasteiger partial charge in [-0.25, -0.2) is 4.79 Å². The first-order valence-electron chi connectivity index (χ1n) is 3.87. The molecule has 0 aliphatic heterocycles. The Hall–Kier alpha value is -1.77. The average Bonchev–Trinajstić information content (AvgIpc) is 2.08. The maximum absolute atomic E-state index is 10.5. The number of nitrogen functional groups attached to an aromatic ring is 1. The SMILES string of the molecule is CC(=Cc1ccc(N)cc1)C(=O)O. The van der Waals surface area contributed by atoms with Crippen molar-refractivity contribution in [1.82, 2.24) is 0 Å². The molecule has 13 heavy (non-hydrogen) atoms. The van der Waals surface area contributed by atoms with E-state index in [0.29, 0.717) is 11.3 Å². The van der Waals surface area contributed by atoms with E-state index < -0.39 is 5.97 Å². The third-order valence-electron chi connectivity index (χ3n) is 1.66. The van der Waals surface area contributed by atoms with Crippen LogP contribution in [0.5, 0.6) is 0 Å². The van der Waals surface area contributed by atoms with Crippen molar-refractivity contribution < 1.29 is 9.90 Å². The molecular weight excluding hydrogens is 166 g/mol. The van der Waals surface area contributed by atoms with Crippen molar-refractivity contribution in [1.29, 1.82) is 0 Å². The van der Waals surface area contributed by atoms with Crippen molar-refractivity contribution in [3.8, 4) is 0 Å². The van der Waals surface area contributed by atoms with E-state index in [1.54, 1.807) is 37.3 Å². The van der Waals surface area contributed by atoms with Gasteiger partial charge in [0.2, 0.25) is 0 Å². The molecule has 3 nitrogen and oxygen atoms in total. The Labute approximate surface area is 76.5 Å². The van der Waals surface area contributed by atoms with Gasteiger partial charge in [0.15, 0.2) is 0 Å². The number of carboxylic acid groups (broad SMARTS) is 1. The van der Waals surface area contributed by atoms with Gasteiger partial charge in [-0.1, -0.05) is 12.1 Å². The average molecular weight is 177 g/mol. The number of rotatable bonds is 2. The van der Waals surface area contributed by atoms with Crippen molar-refractivity contribution in [2.24, 2.45) is 0 Å². The molecule has 0 aromatic heterocycles. The normalized spacial score (nSPS) is 11.3. The van der Waals surface area contributed by atoms with Gasteiger partial charge in [-0.05, 0) is 30.7 Å². The molecule has 1 aromatic carbocycles. The Balaban J connectivity index is 2.92. The second-order valence-electron chi connectivity index (χ2n) is 2.80. The Bertz CT molecular complexity index is 338. The fourth-order valence-electron chi connectivity index (χ4n) is 0.904. The Morgan fingerprint density at radius 1 is 1.38 bits per heavy atom. The summed E-state index contributed by atoms with van der Waals surface area (Å²) in [5.41, 5.74) is 7.30. The molecule has 0 fully saturated rings. The van der Waals surface area contributed by atoms with Gasteiger partial charge in [-0.2, -0.15) is 0 Å². The lowest BCUT2D eigenvalue weighted by atomic mass is 10.1. The minimum absolute atomic E-state index is 0.310. The first-order chi connectivity index (χ1) is 6.09. The number of carboxylic acids is 1. The largest absolute Gasteiger partial charge is 0.478 e. The topological polar surface area (TPSA) is 63.3 Å². The van der Waals surface area contributed by atoms with E-state index in [1.807, 2.05) is 0 Å². The molecule has 0 bridgehead atoms. The molecule has 0 saturated carbocycles. The summed E-state index contributed by atoms with van der Waals surface area (Å²) in [6, 6.07) is 7.03. The van der Waals surface area contributed by atoms with Crippen LogP contribution >= 0.6 is 0 Å². The molecule has 0 unspecified atom stereocenters. The summed E-state index contributed by atoms with van der Waals surface area (Å²) in [5, 5.41) is 8.60. The van der Waals surface area contributed by atoms with Gasteiger partial charge in [0, 0.05) is 11.3 Å². The van der Waals surface area contributed by atoms with Crippen molar-refractivity contribution in [3.63, 3.8) is 0 Å². The minimum Gasteiger partial charge on any atom is -0.478 e. The van der Waals surface area contributed by atoms with Gasteiger partial charge in [0.1, 0.15) is 0 Å². The number of hydrogen-bond acceptors (Lipinski definition) is 2. The monoisotopic (exact) mass is 177 g/mol.